The molecule has 1 unspecified atom stereocenters. The Labute approximate surface area is 123 Å². The minimum Gasteiger partial charge on any atom is -0.481 e. The van der Waals surface area contributed by atoms with Crippen LogP contribution in [0.2, 0.25) is 0 Å². The number of amides is 2. The Kier molecular flexibility index (Phi) is 3.58. The first kappa shape index (κ1) is 13.3. The standard InChI is InChI=1S/C12H13N3O3S2/c16-9(17)7-2-1-4-15(6-7)12(18)14-11-13-8-3-5-19-10(8)20-11/h3,5,7H,1-2,4,6H2,(H,16,17)(H,13,14,18). The van der Waals surface area contributed by atoms with Crippen molar-refractivity contribution in [3.05, 3.63) is 11.4 Å². The number of urea groups is 1. The number of fused-ring (bicyclic) bond motifs is 1. The highest BCUT2D eigenvalue weighted by atomic mass is 32.2. The summed E-state index contributed by atoms with van der Waals surface area (Å²) in [6, 6.07) is 1.64. The summed E-state index contributed by atoms with van der Waals surface area (Å²) in [4.78, 5) is 29.0. The van der Waals surface area contributed by atoms with Gasteiger partial charge in [-0.05, 0) is 24.3 Å². The fourth-order valence-electron chi connectivity index (χ4n) is 2.26. The molecule has 1 aliphatic heterocycles. The zero-order valence-corrected chi connectivity index (χ0v) is 12.2. The molecule has 1 aliphatic rings. The minimum absolute atomic E-state index is 0.265. The number of aromatic nitrogens is 1. The van der Waals surface area contributed by atoms with Gasteiger partial charge in [-0.15, -0.1) is 11.3 Å². The van der Waals surface area contributed by atoms with Crippen molar-refractivity contribution in [2.45, 2.75) is 12.8 Å². The Morgan fingerprint density at radius 1 is 1.50 bits per heavy atom. The lowest BCUT2D eigenvalue weighted by atomic mass is 9.99. The first-order chi connectivity index (χ1) is 9.63. The maximum absolute atomic E-state index is 12.1. The van der Waals surface area contributed by atoms with Crippen LogP contribution in [0.5, 0.6) is 0 Å². The van der Waals surface area contributed by atoms with E-state index in [-0.39, 0.29) is 12.6 Å². The van der Waals surface area contributed by atoms with Gasteiger partial charge in [0.2, 0.25) is 0 Å². The number of likely N-dealkylation sites (tertiary alicyclic amines) is 1. The van der Waals surface area contributed by atoms with Crippen molar-refractivity contribution in [3.8, 4) is 0 Å². The number of thiazole rings is 1. The number of piperidine rings is 1. The fourth-order valence-corrected chi connectivity index (χ4v) is 4.08. The molecule has 0 spiro atoms. The molecule has 1 atom stereocenters. The lowest BCUT2D eigenvalue weighted by Crippen LogP contribution is -2.44. The number of nitrogens with one attached hydrogen (secondary N) is 1. The van der Waals surface area contributed by atoms with Gasteiger partial charge in [0.15, 0.2) is 5.13 Å². The minimum atomic E-state index is -0.836. The summed E-state index contributed by atoms with van der Waals surface area (Å²) in [5.41, 5.74) is 0.886. The van der Waals surface area contributed by atoms with E-state index in [1.54, 1.807) is 16.2 Å². The molecule has 20 heavy (non-hydrogen) atoms. The maximum Gasteiger partial charge on any atom is 0.323 e. The van der Waals surface area contributed by atoms with E-state index in [0.717, 1.165) is 16.0 Å². The van der Waals surface area contributed by atoms with Gasteiger partial charge in [-0.3, -0.25) is 10.1 Å². The average molecular weight is 311 g/mol. The third-order valence-corrected chi connectivity index (χ3v) is 5.31. The highest BCUT2D eigenvalue weighted by Crippen LogP contribution is 2.30. The summed E-state index contributed by atoms with van der Waals surface area (Å²) in [7, 11) is 0. The lowest BCUT2D eigenvalue weighted by molar-refractivity contribution is -0.143. The molecule has 0 saturated carbocycles. The third kappa shape index (κ3) is 2.61. The van der Waals surface area contributed by atoms with E-state index in [4.69, 9.17) is 5.11 Å². The van der Waals surface area contributed by atoms with E-state index in [1.807, 2.05) is 11.4 Å². The first-order valence-corrected chi connectivity index (χ1v) is 7.96. The highest BCUT2D eigenvalue weighted by Gasteiger charge is 2.28. The Morgan fingerprint density at radius 2 is 2.35 bits per heavy atom. The number of hydrogen-bond donors (Lipinski definition) is 2. The second kappa shape index (κ2) is 5.37. The molecule has 2 N–H and O–H groups in total. The quantitative estimate of drug-likeness (QED) is 0.893. The molecule has 0 aromatic carbocycles. The molecule has 2 aromatic rings. The Hall–Kier alpha value is -1.67. The monoisotopic (exact) mass is 311 g/mol. The number of carbonyl (C=O) groups excluding carboxylic acids is 1. The number of carbonyl (C=O) groups is 2. The van der Waals surface area contributed by atoms with Crippen molar-refractivity contribution < 1.29 is 14.7 Å². The smallest absolute Gasteiger partial charge is 0.323 e. The molecule has 0 bridgehead atoms. The predicted molar refractivity (Wildman–Crippen MR) is 78.4 cm³/mol. The first-order valence-electron chi connectivity index (χ1n) is 6.26. The van der Waals surface area contributed by atoms with Gasteiger partial charge in [0, 0.05) is 13.1 Å². The van der Waals surface area contributed by atoms with Crippen LogP contribution < -0.4 is 5.32 Å². The summed E-state index contributed by atoms with van der Waals surface area (Å²) in [6.45, 7) is 0.857. The Morgan fingerprint density at radius 3 is 3.10 bits per heavy atom. The van der Waals surface area contributed by atoms with E-state index in [1.165, 1.54) is 11.3 Å². The van der Waals surface area contributed by atoms with Gasteiger partial charge < -0.3 is 10.0 Å². The summed E-state index contributed by atoms with van der Waals surface area (Å²) < 4.78 is 1.07. The van der Waals surface area contributed by atoms with Crippen LogP contribution in [-0.4, -0.2) is 40.1 Å². The lowest BCUT2D eigenvalue weighted by Gasteiger charge is -2.30. The topological polar surface area (TPSA) is 82.5 Å². The predicted octanol–water partition coefficient (Wildman–Crippen LogP) is 2.69. The van der Waals surface area contributed by atoms with E-state index in [9.17, 15) is 9.59 Å². The van der Waals surface area contributed by atoms with Gasteiger partial charge in [0.05, 0.1) is 11.4 Å². The van der Waals surface area contributed by atoms with Crippen LogP contribution in [0.4, 0.5) is 9.93 Å². The number of carboxylic acids is 1. The van der Waals surface area contributed by atoms with Crippen LogP contribution in [0.1, 0.15) is 12.8 Å². The molecule has 8 heteroatoms. The van der Waals surface area contributed by atoms with Crippen LogP contribution in [0.15, 0.2) is 11.4 Å². The Bertz CT molecular complexity index is 623. The van der Waals surface area contributed by atoms with E-state index < -0.39 is 11.9 Å². The van der Waals surface area contributed by atoms with Crippen molar-refractivity contribution in [2.24, 2.45) is 5.92 Å². The van der Waals surface area contributed by atoms with Crippen molar-refractivity contribution in [1.29, 1.82) is 0 Å². The number of anilines is 1. The van der Waals surface area contributed by atoms with E-state index in [0.29, 0.717) is 18.1 Å². The largest absolute Gasteiger partial charge is 0.481 e. The molecule has 2 aromatic heterocycles. The Balaban J connectivity index is 1.66. The van der Waals surface area contributed by atoms with E-state index in [2.05, 4.69) is 10.3 Å². The van der Waals surface area contributed by atoms with Crippen LogP contribution in [0.25, 0.3) is 9.53 Å². The van der Waals surface area contributed by atoms with Crippen LogP contribution in [0.3, 0.4) is 0 Å². The maximum atomic E-state index is 12.1. The number of nitrogens with zero attached hydrogens (tertiary/aromatic N) is 2. The van der Waals surface area contributed by atoms with Gasteiger partial charge in [0.25, 0.3) is 0 Å². The van der Waals surface area contributed by atoms with Gasteiger partial charge >= 0.3 is 12.0 Å². The average Bonchev–Trinajstić information content (AvgIpc) is 2.99. The number of carboxylic acid groups (broad SMARTS) is 1. The molecule has 3 heterocycles. The zero-order chi connectivity index (χ0) is 14.1. The van der Waals surface area contributed by atoms with Crippen molar-refractivity contribution >= 4 is 49.3 Å². The molecule has 106 valence electrons. The van der Waals surface area contributed by atoms with E-state index >= 15 is 0 Å². The highest BCUT2D eigenvalue weighted by molar-refractivity contribution is 7.39. The van der Waals surface area contributed by atoms with Crippen molar-refractivity contribution in [3.63, 3.8) is 0 Å². The molecule has 3 rings (SSSR count). The zero-order valence-electron chi connectivity index (χ0n) is 10.5. The second-order valence-electron chi connectivity index (χ2n) is 4.67. The summed E-state index contributed by atoms with van der Waals surface area (Å²) in [5, 5.41) is 14.3. The van der Waals surface area contributed by atoms with Crippen LogP contribution >= 0.6 is 22.7 Å². The molecule has 0 aliphatic carbocycles. The van der Waals surface area contributed by atoms with Gasteiger partial charge in [-0.25, -0.2) is 9.78 Å². The van der Waals surface area contributed by atoms with Crippen LogP contribution in [0, 0.1) is 5.92 Å². The normalized spacial score (nSPS) is 19.2. The van der Waals surface area contributed by atoms with Crippen molar-refractivity contribution in [2.75, 3.05) is 18.4 Å². The summed E-state index contributed by atoms with van der Waals surface area (Å²) in [6.07, 6.45) is 1.35. The number of aliphatic carboxylic acids is 1. The van der Waals surface area contributed by atoms with Gasteiger partial charge in [-0.1, -0.05) is 11.3 Å². The van der Waals surface area contributed by atoms with Gasteiger partial charge in [-0.2, -0.15) is 0 Å². The number of thiophene rings is 1. The van der Waals surface area contributed by atoms with Crippen molar-refractivity contribution in [1.82, 2.24) is 9.88 Å². The molecular formula is C12H13N3O3S2. The van der Waals surface area contributed by atoms with Crippen LogP contribution in [-0.2, 0) is 4.79 Å². The molecule has 1 saturated heterocycles. The summed E-state index contributed by atoms with van der Waals surface area (Å²) in [5.74, 6) is -1.30. The van der Waals surface area contributed by atoms with Gasteiger partial charge in [0.1, 0.15) is 4.01 Å². The SMILES string of the molecule is O=C(O)C1CCCN(C(=O)Nc2nc3ccsc3s2)C1. The molecule has 0 radical (unpaired) electrons. The second-order valence-corrected chi connectivity index (χ2v) is 6.84. The molecule has 1 fully saturated rings. The fraction of sp³-hybridized carbons (Fsp3) is 0.417. The molecule has 6 nitrogen and oxygen atoms in total. The summed E-state index contributed by atoms with van der Waals surface area (Å²) >= 11 is 3.02. The third-order valence-electron chi connectivity index (χ3n) is 3.29. The molecule has 2 amide bonds. The number of rotatable bonds is 2. The molecular weight excluding hydrogens is 298 g/mol. The number of hydrogen-bond acceptors (Lipinski definition) is 5.